The summed E-state index contributed by atoms with van der Waals surface area (Å²) in [6.45, 7) is 6.72. The average molecular weight is 308 g/mol. The van der Waals surface area contributed by atoms with Crippen molar-refractivity contribution in [1.29, 1.82) is 0 Å². The number of methoxy groups -OCH3 is 1. The maximum absolute atomic E-state index is 11.9. The van der Waals surface area contributed by atoms with E-state index in [4.69, 9.17) is 4.74 Å². The summed E-state index contributed by atoms with van der Waals surface area (Å²) in [7, 11) is 1.63. The Hall–Kier alpha value is -1.75. The first-order valence-corrected chi connectivity index (χ1v) is 7.62. The smallest absolute Gasteiger partial charge is 0.315 e. The standard InChI is InChI=1S/C17H28N2O3/c1-17(2,3)11-14(12-20)19-16(21)18-9-8-13-6-5-7-15(10-13)22-4/h5-7,10,14,20H,8-9,11-12H2,1-4H3,(H2,18,19,21). The van der Waals surface area contributed by atoms with Crippen LogP contribution in [0.15, 0.2) is 24.3 Å². The Morgan fingerprint density at radius 1 is 1.36 bits per heavy atom. The summed E-state index contributed by atoms with van der Waals surface area (Å²) in [5.41, 5.74) is 1.16. The molecule has 1 unspecified atom stereocenters. The Bertz CT molecular complexity index is 469. The minimum Gasteiger partial charge on any atom is -0.497 e. The van der Waals surface area contributed by atoms with Crippen molar-refractivity contribution in [1.82, 2.24) is 10.6 Å². The molecular formula is C17H28N2O3. The molecule has 1 aromatic rings. The lowest BCUT2D eigenvalue weighted by Gasteiger charge is -2.25. The SMILES string of the molecule is COc1cccc(CCNC(=O)NC(CO)CC(C)(C)C)c1. The quantitative estimate of drug-likeness (QED) is 0.724. The lowest BCUT2D eigenvalue weighted by Crippen LogP contribution is -2.45. The molecule has 0 fully saturated rings. The molecular weight excluding hydrogens is 280 g/mol. The molecule has 0 spiro atoms. The zero-order valence-electron chi connectivity index (χ0n) is 14.0. The molecule has 2 amide bonds. The Kier molecular flexibility index (Phi) is 7.18. The van der Waals surface area contributed by atoms with Crippen LogP contribution in [0.2, 0.25) is 0 Å². The summed E-state index contributed by atoms with van der Waals surface area (Å²) >= 11 is 0. The van der Waals surface area contributed by atoms with Gasteiger partial charge in [-0.25, -0.2) is 4.79 Å². The molecule has 1 aromatic carbocycles. The van der Waals surface area contributed by atoms with Gasteiger partial charge >= 0.3 is 6.03 Å². The highest BCUT2D eigenvalue weighted by molar-refractivity contribution is 5.74. The molecule has 1 rings (SSSR count). The Morgan fingerprint density at radius 3 is 2.68 bits per heavy atom. The van der Waals surface area contributed by atoms with Crippen LogP contribution in [-0.4, -0.2) is 37.4 Å². The molecule has 0 aliphatic rings. The van der Waals surface area contributed by atoms with Gasteiger partial charge in [-0.1, -0.05) is 32.9 Å². The summed E-state index contributed by atoms with van der Waals surface area (Å²) in [6.07, 6.45) is 1.46. The fourth-order valence-corrected chi connectivity index (χ4v) is 2.29. The fraction of sp³-hybridized carbons (Fsp3) is 0.588. The highest BCUT2D eigenvalue weighted by Gasteiger charge is 2.19. The molecule has 0 saturated heterocycles. The number of aliphatic hydroxyl groups excluding tert-OH is 1. The highest BCUT2D eigenvalue weighted by atomic mass is 16.5. The first-order valence-electron chi connectivity index (χ1n) is 7.62. The van der Waals surface area contributed by atoms with Gasteiger partial charge in [0.1, 0.15) is 5.75 Å². The second-order valence-corrected chi connectivity index (χ2v) is 6.65. The number of amides is 2. The molecule has 0 aromatic heterocycles. The van der Waals surface area contributed by atoms with E-state index in [-0.39, 0.29) is 24.1 Å². The van der Waals surface area contributed by atoms with E-state index in [1.807, 2.05) is 24.3 Å². The van der Waals surface area contributed by atoms with Crippen molar-refractivity contribution in [2.45, 2.75) is 39.7 Å². The molecule has 0 aliphatic heterocycles. The van der Waals surface area contributed by atoms with Gasteiger partial charge in [0.05, 0.1) is 19.8 Å². The number of ether oxygens (including phenoxy) is 1. The van der Waals surface area contributed by atoms with Crippen molar-refractivity contribution >= 4 is 6.03 Å². The zero-order chi connectivity index (χ0) is 16.6. The number of hydrogen-bond acceptors (Lipinski definition) is 3. The molecule has 0 bridgehead atoms. The van der Waals surface area contributed by atoms with Crippen LogP contribution in [0.3, 0.4) is 0 Å². The van der Waals surface area contributed by atoms with Crippen molar-refractivity contribution in [3.8, 4) is 5.75 Å². The predicted octanol–water partition coefficient (Wildman–Crippen LogP) is 2.33. The molecule has 1 atom stereocenters. The van der Waals surface area contributed by atoms with Crippen LogP contribution in [0.1, 0.15) is 32.8 Å². The Balaban J connectivity index is 2.36. The van der Waals surface area contributed by atoms with E-state index >= 15 is 0 Å². The van der Waals surface area contributed by atoms with Crippen LogP contribution >= 0.6 is 0 Å². The summed E-state index contributed by atoms with van der Waals surface area (Å²) < 4.78 is 5.17. The van der Waals surface area contributed by atoms with E-state index in [1.54, 1.807) is 7.11 Å². The third-order valence-electron chi connectivity index (χ3n) is 3.25. The molecule has 0 radical (unpaired) electrons. The van der Waals surface area contributed by atoms with Gasteiger partial charge in [0, 0.05) is 6.54 Å². The number of hydrogen-bond donors (Lipinski definition) is 3. The average Bonchev–Trinajstić information content (AvgIpc) is 2.45. The van der Waals surface area contributed by atoms with E-state index < -0.39 is 0 Å². The monoisotopic (exact) mass is 308 g/mol. The maximum Gasteiger partial charge on any atom is 0.315 e. The van der Waals surface area contributed by atoms with E-state index in [0.717, 1.165) is 24.2 Å². The van der Waals surface area contributed by atoms with Gasteiger partial charge in [0.15, 0.2) is 0 Å². The van der Waals surface area contributed by atoms with Gasteiger partial charge < -0.3 is 20.5 Å². The van der Waals surface area contributed by atoms with Gasteiger partial charge in [0.2, 0.25) is 0 Å². The second-order valence-electron chi connectivity index (χ2n) is 6.65. The molecule has 0 saturated carbocycles. The van der Waals surface area contributed by atoms with Crippen molar-refractivity contribution in [3.63, 3.8) is 0 Å². The van der Waals surface area contributed by atoms with Crippen LogP contribution in [0.4, 0.5) is 4.79 Å². The third-order valence-corrected chi connectivity index (χ3v) is 3.25. The van der Waals surface area contributed by atoms with E-state index in [0.29, 0.717) is 6.54 Å². The van der Waals surface area contributed by atoms with Gasteiger partial charge in [-0.15, -0.1) is 0 Å². The van der Waals surface area contributed by atoms with Crippen LogP contribution in [-0.2, 0) is 6.42 Å². The van der Waals surface area contributed by atoms with E-state index in [9.17, 15) is 9.90 Å². The number of rotatable bonds is 7. The van der Waals surface area contributed by atoms with Gasteiger partial charge in [-0.05, 0) is 36.0 Å². The van der Waals surface area contributed by atoms with Gasteiger partial charge in [-0.3, -0.25) is 0 Å². The second kappa shape index (κ2) is 8.63. The summed E-state index contributed by atoms with van der Waals surface area (Å²) in [5.74, 6) is 0.812. The molecule has 5 heteroatoms. The minimum atomic E-state index is -0.244. The van der Waals surface area contributed by atoms with E-state index in [1.165, 1.54) is 0 Å². The molecule has 0 aliphatic carbocycles. The maximum atomic E-state index is 11.9. The van der Waals surface area contributed by atoms with Crippen LogP contribution in [0.5, 0.6) is 5.75 Å². The molecule has 5 nitrogen and oxygen atoms in total. The lowest BCUT2D eigenvalue weighted by atomic mass is 9.88. The van der Waals surface area contributed by atoms with Crippen molar-refractivity contribution in [3.05, 3.63) is 29.8 Å². The topological polar surface area (TPSA) is 70.6 Å². The largest absolute Gasteiger partial charge is 0.497 e. The summed E-state index contributed by atoms with van der Waals surface area (Å²) in [4.78, 5) is 11.9. The number of carbonyl (C=O) groups is 1. The van der Waals surface area contributed by atoms with Gasteiger partial charge in [0.25, 0.3) is 0 Å². The number of aliphatic hydroxyl groups is 1. The van der Waals surface area contributed by atoms with E-state index in [2.05, 4.69) is 31.4 Å². The highest BCUT2D eigenvalue weighted by Crippen LogP contribution is 2.20. The minimum absolute atomic E-state index is 0.0550. The number of benzene rings is 1. The number of nitrogens with one attached hydrogen (secondary N) is 2. The van der Waals surface area contributed by atoms with Crippen LogP contribution in [0.25, 0.3) is 0 Å². The zero-order valence-corrected chi connectivity index (χ0v) is 14.0. The number of urea groups is 1. The Labute approximate surface area is 133 Å². The van der Waals surface area contributed by atoms with Crippen LogP contribution < -0.4 is 15.4 Å². The first kappa shape index (κ1) is 18.3. The molecule has 0 heterocycles. The molecule has 124 valence electrons. The third kappa shape index (κ3) is 7.31. The molecule has 3 N–H and O–H groups in total. The first-order chi connectivity index (χ1) is 10.3. The predicted molar refractivity (Wildman–Crippen MR) is 88.2 cm³/mol. The summed E-state index contributed by atoms with van der Waals surface area (Å²) in [5, 5.41) is 15.0. The lowest BCUT2D eigenvalue weighted by molar-refractivity contribution is 0.191. The fourth-order valence-electron chi connectivity index (χ4n) is 2.29. The summed E-state index contributed by atoms with van der Waals surface area (Å²) in [6, 6.07) is 7.30. The molecule has 22 heavy (non-hydrogen) atoms. The normalized spacial score (nSPS) is 12.6. The van der Waals surface area contributed by atoms with Crippen molar-refractivity contribution in [2.24, 2.45) is 5.41 Å². The number of carbonyl (C=O) groups excluding carboxylic acids is 1. The Morgan fingerprint density at radius 2 is 2.09 bits per heavy atom. The van der Waals surface area contributed by atoms with Crippen LogP contribution in [0, 0.1) is 5.41 Å². The van der Waals surface area contributed by atoms with Crippen molar-refractivity contribution < 1.29 is 14.6 Å². The van der Waals surface area contributed by atoms with Crippen molar-refractivity contribution in [2.75, 3.05) is 20.3 Å². The van der Waals surface area contributed by atoms with Gasteiger partial charge in [-0.2, -0.15) is 0 Å².